The van der Waals surface area contributed by atoms with E-state index in [4.69, 9.17) is 9.47 Å². The van der Waals surface area contributed by atoms with E-state index in [9.17, 15) is 13.6 Å². The van der Waals surface area contributed by atoms with E-state index < -0.39 is 11.6 Å². The molecule has 1 saturated carbocycles. The zero-order valence-electron chi connectivity index (χ0n) is 16.5. The van der Waals surface area contributed by atoms with Gasteiger partial charge in [0.2, 0.25) is 5.91 Å². The lowest BCUT2D eigenvalue weighted by molar-refractivity contribution is -0.128. The number of benzene rings is 2. The highest BCUT2D eigenvalue weighted by molar-refractivity contribution is 5.80. The largest absolute Gasteiger partial charge is 0.493 e. The maximum Gasteiger partial charge on any atom is 0.223 e. The Hall–Kier alpha value is -2.63. The van der Waals surface area contributed by atoms with Gasteiger partial charge >= 0.3 is 0 Å². The lowest BCUT2D eigenvalue weighted by Crippen LogP contribution is -2.25. The normalized spacial score (nSPS) is 19.8. The lowest BCUT2D eigenvalue weighted by Gasteiger charge is -2.19. The topological polar surface area (TPSA) is 38.8 Å². The monoisotopic (exact) mass is 401 g/mol. The second-order valence-corrected chi connectivity index (χ2v) is 7.81. The quantitative estimate of drug-likeness (QED) is 0.697. The third-order valence-corrected chi connectivity index (χ3v) is 5.88. The molecule has 2 aromatic rings. The molecule has 4 rings (SSSR count). The summed E-state index contributed by atoms with van der Waals surface area (Å²) in [6.45, 7) is 0.358. The van der Waals surface area contributed by atoms with Crippen LogP contribution >= 0.6 is 0 Å². The average molecular weight is 401 g/mol. The maximum absolute atomic E-state index is 14.0. The molecule has 0 N–H and O–H groups in total. The van der Waals surface area contributed by atoms with Gasteiger partial charge in [0.25, 0.3) is 0 Å². The molecular formula is C23H25F2NO3. The highest BCUT2D eigenvalue weighted by Crippen LogP contribution is 2.37. The molecule has 1 aliphatic heterocycles. The molecular weight excluding hydrogens is 376 g/mol. The van der Waals surface area contributed by atoms with Crippen molar-refractivity contribution >= 4 is 5.91 Å². The zero-order chi connectivity index (χ0) is 20.4. The first-order valence-electron chi connectivity index (χ1n) is 10.1. The van der Waals surface area contributed by atoms with Crippen LogP contribution in [-0.2, 0) is 11.3 Å². The number of rotatable bonds is 6. The fourth-order valence-corrected chi connectivity index (χ4v) is 4.25. The molecule has 6 heteroatoms. The minimum atomic E-state index is -0.627. The van der Waals surface area contributed by atoms with Gasteiger partial charge in [0.15, 0.2) is 11.5 Å². The number of nitrogens with zero attached hydrogens (tertiary/aromatic N) is 1. The number of hydrogen-bond acceptors (Lipinski definition) is 3. The van der Waals surface area contributed by atoms with Crippen LogP contribution in [0.3, 0.4) is 0 Å². The molecule has 154 valence electrons. The highest BCUT2D eigenvalue weighted by Gasteiger charge is 2.32. The smallest absolute Gasteiger partial charge is 0.223 e. The number of carbonyl (C=O) groups excluding carboxylic acids is 1. The summed E-state index contributed by atoms with van der Waals surface area (Å²) >= 11 is 0. The first-order chi connectivity index (χ1) is 14.0. The second kappa shape index (κ2) is 8.39. The number of methoxy groups -OCH3 is 1. The molecule has 2 aliphatic rings. The van der Waals surface area contributed by atoms with Crippen LogP contribution in [0.25, 0.3) is 0 Å². The highest BCUT2D eigenvalue weighted by atomic mass is 19.1. The standard InChI is InChI=1S/C23H25F2NO3/c1-28-21-10-9-15(11-22(21)29-17-5-2-3-6-17)16-12-23(27)26(13-16)14-18-19(24)7-4-8-20(18)25/h4,7-11,16-17H,2-3,5-6,12-14H2,1H3/t16-/m1/s1. The Balaban J connectivity index is 1.51. The summed E-state index contributed by atoms with van der Waals surface area (Å²) in [5.41, 5.74) is 0.908. The predicted molar refractivity (Wildman–Crippen MR) is 105 cm³/mol. The first kappa shape index (κ1) is 19.7. The summed E-state index contributed by atoms with van der Waals surface area (Å²) in [4.78, 5) is 14.0. The van der Waals surface area contributed by atoms with Crippen LogP contribution in [0.1, 0.15) is 49.1 Å². The Morgan fingerprint density at radius 3 is 2.48 bits per heavy atom. The molecule has 2 aromatic carbocycles. The van der Waals surface area contributed by atoms with Crippen molar-refractivity contribution < 1.29 is 23.0 Å². The molecule has 4 nitrogen and oxygen atoms in total. The summed E-state index contributed by atoms with van der Waals surface area (Å²) in [5, 5.41) is 0. The SMILES string of the molecule is COc1ccc([C@@H]2CC(=O)N(Cc3c(F)cccc3F)C2)cc1OC1CCCC1. The molecule has 2 fully saturated rings. The third-order valence-electron chi connectivity index (χ3n) is 5.88. The van der Waals surface area contributed by atoms with E-state index in [0.717, 1.165) is 18.4 Å². The van der Waals surface area contributed by atoms with E-state index in [1.54, 1.807) is 7.11 Å². The molecule has 0 aromatic heterocycles. The Kier molecular flexibility index (Phi) is 5.69. The van der Waals surface area contributed by atoms with Crippen molar-refractivity contribution in [3.8, 4) is 11.5 Å². The van der Waals surface area contributed by atoms with Crippen molar-refractivity contribution in [2.75, 3.05) is 13.7 Å². The van der Waals surface area contributed by atoms with Crippen molar-refractivity contribution in [2.24, 2.45) is 0 Å². The van der Waals surface area contributed by atoms with E-state index >= 15 is 0 Å². The Bertz CT molecular complexity index is 875. The van der Waals surface area contributed by atoms with Crippen LogP contribution in [0, 0.1) is 11.6 Å². The number of halogens is 2. The Morgan fingerprint density at radius 1 is 1.07 bits per heavy atom. The van der Waals surface area contributed by atoms with Crippen LogP contribution in [0.2, 0.25) is 0 Å². The van der Waals surface area contributed by atoms with Gasteiger partial charge in [-0.15, -0.1) is 0 Å². The molecule has 1 atom stereocenters. The Morgan fingerprint density at radius 2 is 1.79 bits per heavy atom. The first-order valence-corrected chi connectivity index (χ1v) is 10.1. The van der Waals surface area contributed by atoms with Crippen LogP contribution < -0.4 is 9.47 Å². The molecule has 0 bridgehead atoms. The average Bonchev–Trinajstić information content (AvgIpc) is 3.34. The minimum absolute atomic E-state index is 0.0471. The molecule has 0 radical (unpaired) electrons. The summed E-state index contributed by atoms with van der Waals surface area (Å²) in [6, 6.07) is 9.50. The summed E-state index contributed by atoms with van der Waals surface area (Å²) in [7, 11) is 1.61. The second-order valence-electron chi connectivity index (χ2n) is 7.81. The van der Waals surface area contributed by atoms with E-state index in [1.165, 1.54) is 35.9 Å². The number of hydrogen-bond donors (Lipinski definition) is 0. The van der Waals surface area contributed by atoms with E-state index in [2.05, 4.69) is 0 Å². The van der Waals surface area contributed by atoms with Crippen molar-refractivity contribution in [1.82, 2.24) is 4.90 Å². The fourth-order valence-electron chi connectivity index (χ4n) is 4.25. The van der Waals surface area contributed by atoms with Gasteiger partial charge in [-0.3, -0.25) is 4.79 Å². The molecule has 1 amide bonds. The van der Waals surface area contributed by atoms with Gasteiger partial charge < -0.3 is 14.4 Å². The van der Waals surface area contributed by atoms with Crippen LogP contribution in [0.5, 0.6) is 11.5 Å². The van der Waals surface area contributed by atoms with Gasteiger partial charge in [0.1, 0.15) is 11.6 Å². The van der Waals surface area contributed by atoms with Crippen molar-refractivity contribution in [3.05, 3.63) is 59.2 Å². The molecule has 1 heterocycles. The van der Waals surface area contributed by atoms with Gasteiger partial charge in [-0.05, 0) is 55.5 Å². The maximum atomic E-state index is 14.0. The van der Waals surface area contributed by atoms with Gasteiger partial charge in [-0.2, -0.15) is 0 Å². The molecule has 0 unspecified atom stereocenters. The van der Waals surface area contributed by atoms with Crippen LogP contribution in [0.15, 0.2) is 36.4 Å². The molecule has 0 spiro atoms. The van der Waals surface area contributed by atoms with Crippen molar-refractivity contribution in [1.29, 1.82) is 0 Å². The van der Waals surface area contributed by atoms with Crippen LogP contribution in [-0.4, -0.2) is 30.6 Å². The minimum Gasteiger partial charge on any atom is -0.493 e. The number of carbonyl (C=O) groups is 1. The lowest BCUT2D eigenvalue weighted by atomic mass is 9.98. The fraction of sp³-hybridized carbons (Fsp3) is 0.435. The Labute approximate surface area is 169 Å². The van der Waals surface area contributed by atoms with Gasteiger partial charge in [0, 0.05) is 24.4 Å². The predicted octanol–water partition coefficient (Wildman–Crippen LogP) is 4.81. The number of ether oxygens (including phenoxy) is 2. The molecule has 29 heavy (non-hydrogen) atoms. The van der Waals surface area contributed by atoms with Gasteiger partial charge in [0.05, 0.1) is 19.8 Å². The third kappa shape index (κ3) is 4.21. The van der Waals surface area contributed by atoms with E-state index in [-0.39, 0.29) is 30.0 Å². The summed E-state index contributed by atoms with van der Waals surface area (Å²) in [5.74, 6) is -0.0324. The number of amides is 1. The van der Waals surface area contributed by atoms with E-state index in [1.807, 2.05) is 18.2 Å². The van der Waals surface area contributed by atoms with Gasteiger partial charge in [-0.1, -0.05) is 12.1 Å². The summed E-state index contributed by atoms with van der Waals surface area (Å²) < 4.78 is 39.5. The molecule has 1 aliphatic carbocycles. The van der Waals surface area contributed by atoms with E-state index in [0.29, 0.717) is 24.5 Å². The number of likely N-dealkylation sites (tertiary alicyclic amines) is 1. The van der Waals surface area contributed by atoms with Gasteiger partial charge in [-0.25, -0.2) is 8.78 Å². The van der Waals surface area contributed by atoms with Crippen LogP contribution in [0.4, 0.5) is 8.78 Å². The van der Waals surface area contributed by atoms with Crippen molar-refractivity contribution in [2.45, 2.75) is 50.7 Å². The van der Waals surface area contributed by atoms with Crippen molar-refractivity contribution in [3.63, 3.8) is 0 Å². The summed E-state index contributed by atoms with van der Waals surface area (Å²) in [6.07, 6.45) is 4.93. The zero-order valence-corrected chi connectivity index (χ0v) is 16.5. The molecule has 1 saturated heterocycles.